The van der Waals surface area contributed by atoms with Crippen molar-refractivity contribution >= 4 is 11.1 Å². The van der Waals surface area contributed by atoms with Gasteiger partial charge in [-0.1, -0.05) is 125 Å². The summed E-state index contributed by atoms with van der Waals surface area (Å²) < 4.78 is 0. The van der Waals surface area contributed by atoms with Crippen molar-refractivity contribution in [1.82, 2.24) is 0 Å². The maximum absolute atomic E-state index is 2.39. The van der Waals surface area contributed by atoms with Crippen LogP contribution in [0.15, 0.2) is 103 Å². The van der Waals surface area contributed by atoms with Crippen LogP contribution in [0.3, 0.4) is 0 Å². The molecule has 2 aliphatic rings. The first-order valence-electron chi connectivity index (χ1n) is 11.3. The summed E-state index contributed by atoms with van der Waals surface area (Å²) >= 11 is 0. The van der Waals surface area contributed by atoms with Crippen LogP contribution in [-0.2, 0) is 0 Å². The van der Waals surface area contributed by atoms with E-state index in [1.54, 1.807) is 0 Å². The van der Waals surface area contributed by atoms with Crippen molar-refractivity contribution in [3.8, 4) is 11.1 Å². The van der Waals surface area contributed by atoms with Gasteiger partial charge in [-0.15, -0.1) is 0 Å². The van der Waals surface area contributed by atoms with Crippen molar-refractivity contribution in [3.05, 3.63) is 119 Å². The highest BCUT2D eigenvalue weighted by Gasteiger charge is 2.27. The zero-order chi connectivity index (χ0) is 21.3. The summed E-state index contributed by atoms with van der Waals surface area (Å²) in [6, 6.07) is 28.4. The number of allylic oxidation sites excluding steroid dienone is 5. The Kier molecular flexibility index (Phi) is 7.63. The van der Waals surface area contributed by atoms with E-state index in [-0.39, 0.29) is 0 Å². The highest BCUT2D eigenvalue weighted by Crippen LogP contribution is 2.49. The molecule has 0 atom stereocenters. The van der Waals surface area contributed by atoms with Gasteiger partial charge in [-0.3, -0.25) is 0 Å². The molecule has 0 bridgehead atoms. The number of hydrogen-bond acceptors (Lipinski definition) is 0. The van der Waals surface area contributed by atoms with Gasteiger partial charge in [0.15, 0.2) is 0 Å². The minimum Gasteiger partial charge on any atom is -0.0836 e. The predicted molar refractivity (Wildman–Crippen MR) is 133 cm³/mol. The smallest absolute Gasteiger partial charge is 0.00144 e. The van der Waals surface area contributed by atoms with Crippen LogP contribution in [0.25, 0.3) is 22.3 Å². The van der Waals surface area contributed by atoms with E-state index in [1.165, 1.54) is 44.5 Å². The fourth-order valence-corrected chi connectivity index (χ4v) is 4.15. The van der Waals surface area contributed by atoms with E-state index < -0.39 is 0 Å². The molecule has 0 heteroatoms. The zero-order valence-electron chi connectivity index (χ0n) is 18.7. The number of hydrogen-bond donors (Lipinski definition) is 0. The molecule has 3 aromatic carbocycles. The molecule has 152 valence electrons. The third kappa shape index (κ3) is 4.09. The highest BCUT2D eigenvalue weighted by atomic mass is 14.3. The molecule has 0 amide bonds. The van der Waals surface area contributed by atoms with Crippen molar-refractivity contribution < 1.29 is 0 Å². The lowest BCUT2D eigenvalue weighted by molar-refractivity contribution is 1.03. The van der Waals surface area contributed by atoms with E-state index in [0.29, 0.717) is 0 Å². The van der Waals surface area contributed by atoms with Crippen LogP contribution in [0.5, 0.6) is 0 Å². The Labute approximate surface area is 182 Å². The second-order valence-electron chi connectivity index (χ2n) is 6.85. The molecule has 5 rings (SSSR count). The van der Waals surface area contributed by atoms with Gasteiger partial charge in [-0.2, -0.15) is 0 Å². The van der Waals surface area contributed by atoms with Gasteiger partial charge >= 0.3 is 0 Å². The summed E-state index contributed by atoms with van der Waals surface area (Å²) in [5, 5.41) is 0. The van der Waals surface area contributed by atoms with Crippen molar-refractivity contribution in [2.45, 2.75) is 40.5 Å². The van der Waals surface area contributed by atoms with Crippen LogP contribution < -0.4 is 0 Å². The molecule has 30 heavy (non-hydrogen) atoms. The standard InChI is InChI=1S/C26H20.2C2H6/c1-3-11-19(12-4-1)25(20-13-5-2-6-14-20)26-23-17-9-7-15-21(23)22-16-8-10-18-24(22)26;2*1-2/h1,3-5,7-18H,2,6H2;2*1-2H3. The second kappa shape index (κ2) is 10.6. The second-order valence-corrected chi connectivity index (χ2v) is 6.85. The molecular formula is C30H32. The van der Waals surface area contributed by atoms with Gasteiger partial charge in [-0.25, -0.2) is 0 Å². The first kappa shape index (κ1) is 21.6. The maximum atomic E-state index is 2.39. The lowest BCUT2D eigenvalue weighted by atomic mass is 9.86. The van der Waals surface area contributed by atoms with Crippen LogP contribution in [0.1, 0.15) is 57.2 Å². The number of rotatable bonds is 2. The van der Waals surface area contributed by atoms with Gasteiger partial charge in [-0.05, 0) is 57.4 Å². The van der Waals surface area contributed by atoms with Crippen molar-refractivity contribution in [2.75, 3.05) is 0 Å². The van der Waals surface area contributed by atoms with E-state index in [0.717, 1.165) is 12.8 Å². The van der Waals surface area contributed by atoms with E-state index in [2.05, 4.69) is 97.1 Å². The van der Waals surface area contributed by atoms with E-state index in [9.17, 15) is 0 Å². The molecule has 0 aromatic heterocycles. The third-order valence-electron chi connectivity index (χ3n) is 5.28. The number of fused-ring (bicyclic) bond motifs is 3. The quantitative estimate of drug-likeness (QED) is 0.319. The summed E-state index contributed by atoms with van der Waals surface area (Å²) in [6.45, 7) is 8.00. The molecule has 0 saturated carbocycles. The largest absolute Gasteiger partial charge is 0.0836 e. The molecule has 0 radical (unpaired) electrons. The summed E-state index contributed by atoms with van der Waals surface area (Å²) in [5.74, 6) is 0. The normalized spacial score (nSPS) is 13.1. The van der Waals surface area contributed by atoms with Crippen molar-refractivity contribution in [1.29, 1.82) is 0 Å². The molecule has 3 aromatic rings. The van der Waals surface area contributed by atoms with Gasteiger partial charge < -0.3 is 0 Å². The Hall–Kier alpha value is -3.12. The molecule has 0 N–H and O–H groups in total. The van der Waals surface area contributed by atoms with Crippen LogP contribution in [-0.4, -0.2) is 0 Å². The molecule has 0 heterocycles. The SMILES string of the molecule is C1=CC(C(=C2c3ccccc3-c3ccccc32)c2ccccc2)=CCC1.CC.CC. The van der Waals surface area contributed by atoms with E-state index in [1.807, 2.05) is 27.7 Å². The topological polar surface area (TPSA) is 0 Å². The third-order valence-corrected chi connectivity index (χ3v) is 5.28. The molecule has 0 spiro atoms. The van der Waals surface area contributed by atoms with Gasteiger partial charge in [0.1, 0.15) is 0 Å². The van der Waals surface area contributed by atoms with Crippen LogP contribution in [0.2, 0.25) is 0 Å². The van der Waals surface area contributed by atoms with Gasteiger partial charge in [0.25, 0.3) is 0 Å². The summed E-state index contributed by atoms with van der Waals surface area (Å²) in [4.78, 5) is 0. The van der Waals surface area contributed by atoms with Crippen molar-refractivity contribution in [2.24, 2.45) is 0 Å². The molecule has 0 aliphatic heterocycles. The molecule has 0 unspecified atom stereocenters. The lowest BCUT2D eigenvalue weighted by Crippen LogP contribution is -1.96. The minimum absolute atomic E-state index is 1.11. The molecule has 0 saturated heterocycles. The van der Waals surface area contributed by atoms with Gasteiger partial charge in [0.05, 0.1) is 0 Å². The first-order chi connectivity index (χ1) is 14.9. The van der Waals surface area contributed by atoms with Gasteiger partial charge in [0, 0.05) is 0 Å². The Morgan fingerprint density at radius 1 is 0.567 bits per heavy atom. The highest BCUT2D eigenvalue weighted by molar-refractivity contribution is 6.14. The molecule has 0 fully saturated rings. The fraction of sp³-hybridized carbons (Fsp3) is 0.200. The Morgan fingerprint density at radius 2 is 1.07 bits per heavy atom. The van der Waals surface area contributed by atoms with Crippen LogP contribution >= 0.6 is 0 Å². The van der Waals surface area contributed by atoms with E-state index >= 15 is 0 Å². The first-order valence-corrected chi connectivity index (χ1v) is 11.3. The summed E-state index contributed by atoms with van der Waals surface area (Å²) in [6.07, 6.45) is 9.22. The zero-order valence-corrected chi connectivity index (χ0v) is 18.7. The predicted octanol–water partition coefficient (Wildman–Crippen LogP) is 8.95. The Bertz CT molecular complexity index is 1010. The van der Waals surface area contributed by atoms with Crippen LogP contribution in [0.4, 0.5) is 0 Å². The van der Waals surface area contributed by atoms with Crippen LogP contribution in [0, 0.1) is 0 Å². The van der Waals surface area contributed by atoms with E-state index in [4.69, 9.17) is 0 Å². The average molecular weight is 393 g/mol. The van der Waals surface area contributed by atoms with Gasteiger partial charge in [0.2, 0.25) is 0 Å². The fourth-order valence-electron chi connectivity index (χ4n) is 4.15. The molecular weight excluding hydrogens is 360 g/mol. The monoisotopic (exact) mass is 392 g/mol. The maximum Gasteiger partial charge on any atom is -0.00144 e. The lowest BCUT2D eigenvalue weighted by Gasteiger charge is -2.17. The summed E-state index contributed by atoms with van der Waals surface area (Å²) in [7, 11) is 0. The minimum atomic E-state index is 1.11. The Balaban J connectivity index is 0.000000606. The summed E-state index contributed by atoms with van der Waals surface area (Å²) in [5.41, 5.74) is 10.7. The average Bonchev–Trinajstić information content (AvgIpc) is 3.18. The molecule has 2 aliphatic carbocycles. The Morgan fingerprint density at radius 3 is 1.57 bits per heavy atom. The molecule has 0 nitrogen and oxygen atoms in total. The number of benzene rings is 3. The van der Waals surface area contributed by atoms with Crippen molar-refractivity contribution in [3.63, 3.8) is 0 Å².